The third-order valence-electron chi connectivity index (χ3n) is 9.74. The van der Waals surface area contributed by atoms with E-state index in [0.717, 1.165) is 0 Å². The van der Waals surface area contributed by atoms with E-state index in [0.29, 0.717) is 91.2 Å². The number of carboxylic acid groups (broad SMARTS) is 2. The normalized spacial score (nSPS) is 15.3. The van der Waals surface area contributed by atoms with Crippen molar-refractivity contribution in [2.75, 3.05) is 13.2 Å². The first kappa shape index (κ1) is 58.6. The highest BCUT2D eigenvalue weighted by Gasteiger charge is 2.39. The summed E-state index contributed by atoms with van der Waals surface area (Å²) >= 11 is 0. The van der Waals surface area contributed by atoms with Crippen LogP contribution in [0.5, 0.6) is 11.5 Å². The summed E-state index contributed by atoms with van der Waals surface area (Å²) in [6.45, 7) is 37.0. The predicted molar refractivity (Wildman–Crippen MR) is 254 cm³/mol. The smallest absolute Gasteiger partial charge is 0.505 e. The predicted octanol–water partition coefficient (Wildman–Crippen LogP) is 13.4. The number of halogens is 4. The lowest BCUT2D eigenvalue weighted by Gasteiger charge is -2.22. The first-order valence-corrected chi connectivity index (χ1v) is 21.3. The molecule has 19 nitrogen and oxygen atoms in total. The van der Waals surface area contributed by atoms with Crippen LogP contribution < -0.4 is 9.47 Å². The summed E-state index contributed by atoms with van der Waals surface area (Å²) in [6.07, 6.45) is 10.9. The van der Waals surface area contributed by atoms with Crippen molar-refractivity contribution in [2.45, 2.75) is 90.3 Å². The molecular formula is C48H44BF4N11O8. The van der Waals surface area contributed by atoms with Crippen LogP contribution in [-0.4, -0.2) is 53.8 Å². The lowest BCUT2D eigenvalue weighted by Crippen LogP contribution is -2.20. The quantitative estimate of drug-likeness (QED) is 0.0154. The van der Waals surface area contributed by atoms with Crippen molar-refractivity contribution in [3.05, 3.63) is 166 Å². The average Bonchev–Trinajstić information content (AvgIpc) is 3.73. The molecule has 0 saturated carbocycles. The number of azide groups is 1. The number of carboxylic acids is 2. The van der Waals surface area contributed by atoms with Gasteiger partial charge in [0.1, 0.15) is 28.5 Å². The molecule has 2 heterocycles. The Kier molecular flexibility index (Phi) is 22.9. The average molecular weight is 990 g/mol. The molecule has 0 atom stereocenters. The summed E-state index contributed by atoms with van der Waals surface area (Å²) in [5, 5.41) is 48.6. The molecule has 0 aliphatic carbocycles. The number of carbonyl (C=O) groups is 2. The van der Waals surface area contributed by atoms with Crippen LogP contribution in [0.3, 0.4) is 0 Å². The van der Waals surface area contributed by atoms with Gasteiger partial charge in [-0.05, 0) is 107 Å². The molecule has 0 saturated heterocycles. The number of hydrogen-bond donors (Lipinski definition) is 2. The second-order valence-corrected chi connectivity index (χ2v) is 15.8. The van der Waals surface area contributed by atoms with Gasteiger partial charge in [-0.2, -0.15) is 0 Å². The molecule has 0 fully saturated rings. The monoisotopic (exact) mass is 989 g/mol. The van der Waals surface area contributed by atoms with E-state index in [-0.39, 0.29) is 52.8 Å². The van der Waals surface area contributed by atoms with Crippen LogP contribution in [0, 0.1) is 54.3 Å². The van der Waals surface area contributed by atoms with Crippen LogP contribution in [0.1, 0.15) is 90.2 Å². The molecule has 2 aromatic rings. The fourth-order valence-electron chi connectivity index (χ4n) is 6.43. The van der Waals surface area contributed by atoms with Crippen molar-refractivity contribution in [2.24, 2.45) is 5.11 Å². The van der Waals surface area contributed by atoms with Gasteiger partial charge in [-0.3, -0.25) is 9.59 Å². The van der Waals surface area contributed by atoms with Gasteiger partial charge in [0, 0.05) is 35.0 Å². The van der Waals surface area contributed by atoms with Gasteiger partial charge in [-0.1, -0.05) is 35.5 Å². The van der Waals surface area contributed by atoms with Crippen LogP contribution in [0.4, 0.5) is 28.6 Å². The number of diazo groups is 1. The lowest BCUT2D eigenvalue weighted by molar-refractivity contribution is -0.138. The third kappa shape index (κ3) is 18.5. The highest BCUT2D eigenvalue weighted by Crippen LogP contribution is 2.43. The number of allylic oxidation sites excluding steroid dienone is 2. The van der Waals surface area contributed by atoms with Crippen LogP contribution in [0.2, 0.25) is 0 Å². The van der Waals surface area contributed by atoms with Gasteiger partial charge < -0.3 is 46.4 Å². The van der Waals surface area contributed by atoms with Gasteiger partial charge >= 0.3 is 24.9 Å². The maximum atomic E-state index is 10.6. The largest absolute Gasteiger partial charge is 0.673 e. The standard InChI is InChI=1S/C24H22N6O4.C24H21N5O4.BF4/c1-24(2)17(22(28-4)23(34-24)19(15-25)27-3)11-9-16-10-12-18(29-30-26)20(14-16)33-13-7-5-6-8-21(31)32;1-24(2)17(22(28-4)23(33-24)19(15-25)27-3)11-9-16-10-12-18(29-26)20(14-16)32-13-7-5-6-8-21(30)31;2-1(3,4)5/h9-12,14H,5-8,13H2,1-2H3,(H,31,32);9-12,14H,5-8,13H2,1-2H3;/q;;-1/p+1/b2*11-9+,23-19+;. The Morgan fingerprint density at radius 2 is 1.14 bits per heavy atom. The van der Waals surface area contributed by atoms with Crippen molar-refractivity contribution in [1.82, 2.24) is 0 Å². The van der Waals surface area contributed by atoms with E-state index in [1.807, 2.05) is 0 Å². The van der Waals surface area contributed by atoms with E-state index in [9.17, 15) is 42.8 Å². The van der Waals surface area contributed by atoms with Gasteiger partial charge in [0.2, 0.25) is 22.5 Å². The highest BCUT2D eigenvalue weighted by molar-refractivity contribution is 6.50. The molecule has 0 aromatic heterocycles. The minimum absolute atomic E-state index is 0.0199. The minimum Gasteiger partial charge on any atom is -0.505 e. The Morgan fingerprint density at radius 1 is 0.722 bits per heavy atom. The molecule has 2 aliphatic rings. The maximum Gasteiger partial charge on any atom is 0.673 e. The van der Waals surface area contributed by atoms with Crippen molar-refractivity contribution in [3.63, 3.8) is 0 Å². The molecule has 370 valence electrons. The summed E-state index contributed by atoms with van der Waals surface area (Å²) < 4.78 is 62.0. The summed E-state index contributed by atoms with van der Waals surface area (Å²) in [5.74, 6) is -0.973. The number of nitrogens with zero attached hydrogens (tertiary/aromatic N) is 11. The van der Waals surface area contributed by atoms with Crippen LogP contribution >= 0.6 is 0 Å². The van der Waals surface area contributed by atoms with Gasteiger partial charge in [-0.15, -0.1) is 0 Å². The number of benzene rings is 2. The van der Waals surface area contributed by atoms with Crippen molar-refractivity contribution in [3.8, 4) is 23.6 Å². The summed E-state index contributed by atoms with van der Waals surface area (Å²) in [7, 11) is -6.00. The molecule has 2 aromatic carbocycles. The molecule has 4 rings (SSSR count). The first-order chi connectivity index (χ1) is 34.0. The zero-order chi connectivity index (χ0) is 54.1. The molecule has 0 amide bonds. The highest BCUT2D eigenvalue weighted by atomic mass is 19.5. The summed E-state index contributed by atoms with van der Waals surface area (Å²) in [5.41, 5.74) is 9.69. The fraction of sp³-hybridized carbons (Fsp3) is 0.333. The molecule has 0 radical (unpaired) electrons. The molecule has 0 unspecified atom stereocenters. The van der Waals surface area contributed by atoms with E-state index in [2.05, 4.69) is 34.4 Å². The van der Waals surface area contributed by atoms with Crippen LogP contribution in [0.15, 0.2) is 99.1 Å². The zero-order valence-electron chi connectivity index (χ0n) is 39.2. The molecular weight excluding hydrogens is 945 g/mol. The van der Waals surface area contributed by atoms with Crippen molar-refractivity contribution < 1.29 is 56.0 Å². The number of nitriles is 2. The Balaban J connectivity index is 0.000000451. The summed E-state index contributed by atoms with van der Waals surface area (Å²) in [4.78, 5) is 40.5. The van der Waals surface area contributed by atoms with E-state index in [1.54, 1.807) is 101 Å². The number of ether oxygens (including phenoxy) is 4. The molecule has 0 spiro atoms. The van der Waals surface area contributed by atoms with Crippen LogP contribution in [-0.2, 0) is 19.1 Å². The Morgan fingerprint density at radius 3 is 1.51 bits per heavy atom. The second kappa shape index (κ2) is 28.1. The number of hydrogen-bond acceptors (Lipinski definition) is 10. The van der Waals surface area contributed by atoms with E-state index in [1.165, 1.54) is 0 Å². The number of aliphatic carboxylic acids is 2. The zero-order valence-corrected chi connectivity index (χ0v) is 39.2. The van der Waals surface area contributed by atoms with Crippen molar-refractivity contribution >= 4 is 42.7 Å². The van der Waals surface area contributed by atoms with E-state index in [4.69, 9.17) is 61.0 Å². The minimum atomic E-state index is -6.00. The Hall–Kier alpha value is -9.53. The second-order valence-electron chi connectivity index (χ2n) is 15.8. The van der Waals surface area contributed by atoms with E-state index >= 15 is 0 Å². The lowest BCUT2D eigenvalue weighted by atomic mass is 9.96. The Labute approximate surface area is 412 Å². The van der Waals surface area contributed by atoms with Gasteiger partial charge in [0.05, 0.1) is 57.3 Å². The topological polar surface area (TPSA) is 253 Å². The fourth-order valence-corrected chi connectivity index (χ4v) is 6.43. The third-order valence-corrected chi connectivity index (χ3v) is 9.74. The van der Waals surface area contributed by atoms with Gasteiger partial charge in [0.25, 0.3) is 11.4 Å². The molecule has 24 heteroatoms. The van der Waals surface area contributed by atoms with Crippen molar-refractivity contribution in [1.29, 1.82) is 15.9 Å². The SMILES string of the molecule is F[B-](F)(F)F.[C-]#[N+]C1=C(/C=C/c2ccc(N=[N+]=[N-])c(OCCCCCC(=O)O)c2)C(C)(C)O/C1=C(\C#N)[N+]#[C-].[C-]#[N+]C1=C(/C=C/c2ccc([N+]#N)c(OCCCCCC(=O)O)c2)C(C)(C)O/C1=C(\C#N)[N+]#[C-]. The maximum absolute atomic E-state index is 10.6. The van der Waals surface area contributed by atoms with E-state index < -0.39 is 30.4 Å². The number of unbranched alkanes of at least 4 members (excludes halogenated alkanes) is 4. The first-order valence-electron chi connectivity index (χ1n) is 21.3. The number of rotatable bonds is 19. The van der Waals surface area contributed by atoms with Gasteiger partial charge in [0.15, 0.2) is 4.98 Å². The molecule has 2 aliphatic heterocycles. The molecule has 2 N–H and O–H groups in total. The Bertz CT molecular complexity index is 2900. The van der Waals surface area contributed by atoms with Crippen LogP contribution in [0.25, 0.3) is 47.0 Å². The summed E-state index contributed by atoms with van der Waals surface area (Å²) in [6, 6.07) is 13.5. The molecule has 0 bridgehead atoms. The molecule has 72 heavy (non-hydrogen) atoms. The van der Waals surface area contributed by atoms with Gasteiger partial charge in [-0.25, -0.2) is 29.9 Å².